The minimum atomic E-state index is -0.452. The molecular weight excluding hydrogens is 339 g/mol. The summed E-state index contributed by atoms with van der Waals surface area (Å²) in [4.78, 5) is 4.20. The van der Waals surface area contributed by atoms with Crippen molar-refractivity contribution in [3.8, 4) is 0 Å². The van der Waals surface area contributed by atoms with E-state index in [1.807, 2.05) is 6.92 Å². The Hall–Kier alpha value is -0.620. The Labute approximate surface area is 123 Å². The summed E-state index contributed by atoms with van der Waals surface area (Å²) in [6, 6.07) is 1.18. The van der Waals surface area contributed by atoms with Gasteiger partial charge < -0.3 is 5.73 Å². The van der Waals surface area contributed by atoms with Crippen LogP contribution in [0.1, 0.15) is 24.4 Å². The van der Waals surface area contributed by atoms with Crippen LogP contribution >= 0.6 is 39.1 Å². The summed E-state index contributed by atoms with van der Waals surface area (Å²) in [6.07, 6.45) is 3.24. The highest BCUT2D eigenvalue weighted by Gasteiger charge is 2.21. The fraction of sp³-hybridized carbons (Fsp3) is 0.273. The number of aromatic nitrogens is 3. The van der Waals surface area contributed by atoms with Crippen LogP contribution in [0.4, 0.5) is 0 Å². The molecule has 4 nitrogen and oxygen atoms in total. The maximum atomic E-state index is 6.21. The molecule has 0 bridgehead atoms. The molecule has 7 heteroatoms. The first-order valence-electron chi connectivity index (χ1n) is 5.32. The number of hydrogen-bond donors (Lipinski definition) is 1. The molecule has 0 saturated heterocycles. The first kappa shape index (κ1) is 13.8. The first-order valence-corrected chi connectivity index (χ1v) is 6.87. The number of hydrogen-bond acceptors (Lipinski definition) is 3. The van der Waals surface area contributed by atoms with Crippen LogP contribution < -0.4 is 5.73 Å². The zero-order valence-electron chi connectivity index (χ0n) is 9.57. The molecule has 0 fully saturated rings. The van der Waals surface area contributed by atoms with Gasteiger partial charge in [0.05, 0.1) is 38.1 Å². The van der Waals surface area contributed by atoms with Gasteiger partial charge in [0.25, 0.3) is 0 Å². The number of rotatable bonds is 3. The van der Waals surface area contributed by atoms with Gasteiger partial charge in [-0.2, -0.15) is 5.10 Å². The van der Waals surface area contributed by atoms with Gasteiger partial charge in [0, 0.05) is 12.7 Å². The fourth-order valence-corrected chi connectivity index (χ4v) is 2.76. The number of nitrogens with zero attached hydrogens (tertiary/aromatic N) is 3. The fourth-order valence-electron chi connectivity index (χ4n) is 1.72. The SMILES string of the molecule is CCn1ncc(Br)c1C(N)c1ncc(Cl)cc1Cl. The molecule has 1 atom stereocenters. The minimum Gasteiger partial charge on any atom is -0.318 e. The van der Waals surface area contributed by atoms with Crippen molar-refractivity contribution in [2.75, 3.05) is 0 Å². The van der Waals surface area contributed by atoms with E-state index in [0.717, 1.165) is 16.7 Å². The lowest BCUT2D eigenvalue weighted by molar-refractivity contribution is 0.595. The van der Waals surface area contributed by atoms with Crippen LogP contribution in [0.25, 0.3) is 0 Å². The summed E-state index contributed by atoms with van der Waals surface area (Å²) >= 11 is 15.4. The van der Waals surface area contributed by atoms with Crippen LogP contribution in [0.2, 0.25) is 10.0 Å². The molecule has 0 aliphatic carbocycles. The molecule has 2 rings (SSSR count). The smallest absolute Gasteiger partial charge is 0.0923 e. The third-order valence-electron chi connectivity index (χ3n) is 2.56. The lowest BCUT2D eigenvalue weighted by atomic mass is 10.1. The maximum Gasteiger partial charge on any atom is 0.0923 e. The highest BCUT2D eigenvalue weighted by molar-refractivity contribution is 9.10. The predicted octanol–water partition coefficient (Wildman–Crippen LogP) is 3.42. The van der Waals surface area contributed by atoms with E-state index in [9.17, 15) is 0 Å². The molecule has 0 spiro atoms. The normalized spacial score (nSPS) is 12.7. The monoisotopic (exact) mass is 348 g/mol. The van der Waals surface area contributed by atoms with Crippen LogP contribution in [0.3, 0.4) is 0 Å². The van der Waals surface area contributed by atoms with Crippen molar-refractivity contribution in [2.45, 2.75) is 19.5 Å². The minimum absolute atomic E-state index is 0.450. The van der Waals surface area contributed by atoms with E-state index in [1.54, 1.807) is 16.9 Å². The van der Waals surface area contributed by atoms with Gasteiger partial charge in [-0.15, -0.1) is 0 Å². The van der Waals surface area contributed by atoms with E-state index in [-0.39, 0.29) is 0 Å². The van der Waals surface area contributed by atoms with Gasteiger partial charge in [-0.3, -0.25) is 9.67 Å². The summed E-state index contributed by atoms with van der Waals surface area (Å²) in [5.41, 5.74) is 7.63. The number of halogens is 3. The molecule has 0 amide bonds. The van der Waals surface area contributed by atoms with Crippen LogP contribution in [0.15, 0.2) is 22.9 Å². The third kappa shape index (κ3) is 2.54. The maximum absolute atomic E-state index is 6.21. The highest BCUT2D eigenvalue weighted by atomic mass is 79.9. The summed E-state index contributed by atoms with van der Waals surface area (Å²) in [5, 5.41) is 5.16. The van der Waals surface area contributed by atoms with Gasteiger partial charge in [-0.25, -0.2) is 0 Å². The predicted molar refractivity (Wildman–Crippen MR) is 75.9 cm³/mol. The zero-order chi connectivity index (χ0) is 13.3. The van der Waals surface area contributed by atoms with E-state index in [4.69, 9.17) is 28.9 Å². The Bertz CT molecular complexity index is 570. The molecule has 2 aromatic heterocycles. The van der Waals surface area contributed by atoms with Crippen LogP contribution in [-0.2, 0) is 6.54 Å². The number of pyridine rings is 1. The van der Waals surface area contributed by atoms with Gasteiger partial charge in [-0.1, -0.05) is 23.2 Å². The molecule has 1 unspecified atom stereocenters. The average molecular weight is 350 g/mol. The Balaban J connectivity index is 2.47. The van der Waals surface area contributed by atoms with Gasteiger partial charge >= 0.3 is 0 Å². The van der Waals surface area contributed by atoms with Crippen molar-refractivity contribution in [2.24, 2.45) is 5.73 Å². The van der Waals surface area contributed by atoms with E-state index in [1.165, 1.54) is 6.20 Å². The summed E-state index contributed by atoms with van der Waals surface area (Å²) < 4.78 is 2.64. The molecule has 0 saturated carbocycles. The lowest BCUT2D eigenvalue weighted by Crippen LogP contribution is -2.19. The Morgan fingerprint density at radius 3 is 2.78 bits per heavy atom. The third-order valence-corrected chi connectivity index (χ3v) is 3.68. The molecule has 2 aromatic rings. The van der Waals surface area contributed by atoms with Gasteiger partial charge in [0.2, 0.25) is 0 Å². The van der Waals surface area contributed by atoms with Crippen molar-refractivity contribution in [1.29, 1.82) is 0 Å². The first-order chi connectivity index (χ1) is 8.54. The summed E-state index contributed by atoms with van der Waals surface area (Å²) in [6.45, 7) is 2.71. The highest BCUT2D eigenvalue weighted by Crippen LogP contribution is 2.30. The molecular formula is C11H11BrCl2N4. The van der Waals surface area contributed by atoms with Crippen molar-refractivity contribution in [3.63, 3.8) is 0 Å². The molecule has 96 valence electrons. The molecule has 0 aliphatic rings. The Kier molecular flexibility index (Phi) is 4.27. The van der Waals surface area contributed by atoms with Crippen molar-refractivity contribution in [3.05, 3.63) is 44.4 Å². The molecule has 2 heterocycles. The van der Waals surface area contributed by atoms with Crippen molar-refractivity contribution < 1.29 is 0 Å². The molecule has 2 N–H and O–H groups in total. The van der Waals surface area contributed by atoms with Gasteiger partial charge in [0.15, 0.2) is 0 Å². The summed E-state index contributed by atoms with van der Waals surface area (Å²) in [7, 11) is 0. The second-order valence-corrected chi connectivity index (χ2v) is 5.39. The van der Waals surface area contributed by atoms with Crippen LogP contribution in [-0.4, -0.2) is 14.8 Å². The van der Waals surface area contributed by atoms with E-state index < -0.39 is 6.04 Å². The molecule has 18 heavy (non-hydrogen) atoms. The lowest BCUT2D eigenvalue weighted by Gasteiger charge is -2.15. The van der Waals surface area contributed by atoms with Gasteiger partial charge in [0.1, 0.15) is 0 Å². The number of nitrogens with two attached hydrogens (primary N) is 1. The second-order valence-electron chi connectivity index (χ2n) is 3.69. The Morgan fingerprint density at radius 1 is 1.44 bits per heavy atom. The second kappa shape index (κ2) is 5.57. The summed E-state index contributed by atoms with van der Waals surface area (Å²) in [5.74, 6) is 0. The van der Waals surface area contributed by atoms with E-state index in [2.05, 4.69) is 26.0 Å². The average Bonchev–Trinajstić information content (AvgIpc) is 2.69. The van der Waals surface area contributed by atoms with Crippen LogP contribution in [0.5, 0.6) is 0 Å². The Morgan fingerprint density at radius 2 is 2.17 bits per heavy atom. The quantitative estimate of drug-likeness (QED) is 0.923. The van der Waals surface area contributed by atoms with Gasteiger partial charge in [-0.05, 0) is 28.9 Å². The van der Waals surface area contributed by atoms with Crippen molar-refractivity contribution >= 4 is 39.1 Å². The molecule has 0 radical (unpaired) electrons. The topological polar surface area (TPSA) is 56.7 Å². The van der Waals surface area contributed by atoms with E-state index >= 15 is 0 Å². The van der Waals surface area contributed by atoms with Crippen LogP contribution in [0, 0.1) is 0 Å². The standard InChI is InChI=1S/C11H11BrCl2N4/c1-2-18-11(7(12)5-17-18)9(15)10-8(14)3-6(13)4-16-10/h3-5,9H,2,15H2,1H3. The molecule has 0 aliphatic heterocycles. The van der Waals surface area contributed by atoms with Crippen molar-refractivity contribution in [1.82, 2.24) is 14.8 Å². The van der Waals surface area contributed by atoms with E-state index in [0.29, 0.717) is 15.7 Å². The largest absolute Gasteiger partial charge is 0.318 e. The zero-order valence-corrected chi connectivity index (χ0v) is 12.7. The number of aryl methyl sites for hydroxylation is 1. The molecule has 0 aromatic carbocycles.